The Bertz CT molecular complexity index is 377. The highest BCUT2D eigenvalue weighted by Crippen LogP contribution is 2.14. The van der Waals surface area contributed by atoms with Crippen LogP contribution in [0.25, 0.3) is 0 Å². The highest BCUT2D eigenvalue weighted by molar-refractivity contribution is 7.80. The number of azo groups is 1. The van der Waals surface area contributed by atoms with Crippen molar-refractivity contribution in [1.29, 1.82) is 0 Å². The highest BCUT2D eigenvalue weighted by atomic mass is 32.1. The van der Waals surface area contributed by atoms with E-state index in [2.05, 4.69) is 42.8 Å². The molecule has 0 heterocycles. The lowest BCUT2D eigenvalue weighted by Crippen LogP contribution is -1.86. The van der Waals surface area contributed by atoms with Crippen molar-refractivity contribution in [2.45, 2.75) is 32.4 Å². The minimum atomic E-state index is 0.365. The Hall–Kier alpha value is -1.09. The van der Waals surface area contributed by atoms with E-state index in [1.54, 1.807) is 0 Å². The molecule has 0 fully saturated rings. The number of hydrogen-bond acceptors (Lipinski definition) is 3. The van der Waals surface area contributed by atoms with E-state index in [0.29, 0.717) is 5.25 Å². The molecule has 0 bridgehead atoms. The predicted molar refractivity (Wildman–Crippen MR) is 72.5 cm³/mol. The molecule has 1 unspecified atom stereocenters. The normalized spacial score (nSPS) is 14.4. The highest BCUT2D eigenvalue weighted by Gasteiger charge is 1.92. The van der Waals surface area contributed by atoms with Gasteiger partial charge in [0.2, 0.25) is 0 Å². The molecule has 0 N–H and O–H groups in total. The fourth-order valence-corrected chi connectivity index (χ4v) is 1.24. The third-order valence-corrected chi connectivity index (χ3v) is 2.32. The maximum absolute atomic E-state index is 4.31. The van der Waals surface area contributed by atoms with Gasteiger partial charge in [-0.05, 0) is 32.4 Å². The zero-order valence-corrected chi connectivity index (χ0v) is 10.9. The molecule has 1 rings (SSSR count). The fraction of sp³-hybridized carbons (Fsp3) is 0.385. The topological polar surface area (TPSA) is 24.7 Å². The molecule has 3 heteroatoms. The van der Waals surface area contributed by atoms with Crippen LogP contribution in [-0.2, 0) is 0 Å². The summed E-state index contributed by atoms with van der Waals surface area (Å²) in [6.45, 7) is 6.07. The summed E-state index contributed by atoms with van der Waals surface area (Å²) >= 11 is 4.31. The van der Waals surface area contributed by atoms with Crippen molar-refractivity contribution in [2.75, 3.05) is 0 Å². The quantitative estimate of drug-likeness (QED) is 0.577. The van der Waals surface area contributed by atoms with Crippen molar-refractivity contribution in [3.8, 4) is 0 Å². The molecular weight excluding hydrogens is 216 g/mol. The maximum Gasteiger partial charge on any atom is 0.0857 e. The largest absolute Gasteiger partial charge is 0.176 e. The van der Waals surface area contributed by atoms with Crippen LogP contribution in [0.15, 0.2) is 46.3 Å². The lowest BCUT2D eigenvalue weighted by Gasteiger charge is -1.97. The van der Waals surface area contributed by atoms with Crippen molar-refractivity contribution < 1.29 is 0 Å². The lowest BCUT2D eigenvalue weighted by atomic mass is 10.2. The maximum atomic E-state index is 4.31. The second-order valence-electron chi connectivity index (χ2n) is 3.97. The Morgan fingerprint density at radius 1 is 1.38 bits per heavy atom. The first-order valence-corrected chi connectivity index (χ1v) is 5.93. The predicted octanol–water partition coefficient (Wildman–Crippen LogP) is 4.69. The molecule has 0 amide bonds. The van der Waals surface area contributed by atoms with Gasteiger partial charge >= 0.3 is 0 Å². The first kappa shape index (κ1) is 13.0. The van der Waals surface area contributed by atoms with Crippen LogP contribution in [0.3, 0.4) is 0 Å². The monoisotopic (exact) mass is 234 g/mol. The van der Waals surface area contributed by atoms with E-state index in [9.17, 15) is 0 Å². The van der Waals surface area contributed by atoms with Crippen LogP contribution in [0.5, 0.6) is 0 Å². The molecule has 16 heavy (non-hydrogen) atoms. The molecule has 0 saturated heterocycles. The zero-order valence-electron chi connectivity index (χ0n) is 10.0. The van der Waals surface area contributed by atoms with Gasteiger partial charge in [0.25, 0.3) is 0 Å². The van der Waals surface area contributed by atoms with Crippen LogP contribution in [-0.4, -0.2) is 5.25 Å². The van der Waals surface area contributed by atoms with Gasteiger partial charge in [-0.15, -0.1) is 0 Å². The molecule has 1 aromatic rings. The first-order valence-electron chi connectivity index (χ1n) is 5.41. The fourth-order valence-electron chi connectivity index (χ4n) is 1.13. The van der Waals surface area contributed by atoms with Gasteiger partial charge < -0.3 is 0 Å². The van der Waals surface area contributed by atoms with Gasteiger partial charge in [-0.3, -0.25) is 0 Å². The first-order chi connectivity index (χ1) is 7.58. The smallest absolute Gasteiger partial charge is 0.0857 e. The summed E-state index contributed by atoms with van der Waals surface area (Å²) < 4.78 is 0. The molecule has 0 aliphatic heterocycles. The van der Waals surface area contributed by atoms with Crippen molar-refractivity contribution in [3.05, 3.63) is 41.6 Å². The summed E-state index contributed by atoms with van der Waals surface area (Å²) in [5, 5.41) is 8.67. The van der Waals surface area contributed by atoms with E-state index in [-0.39, 0.29) is 0 Å². The Morgan fingerprint density at radius 2 is 2.00 bits per heavy atom. The molecule has 0 aliphatic rings. The summed E-state index contributed by atoms with van der Waals surface area (Å²) in [6, 6.07) is 7.99. The van der Waals surface area contributed by atoms with Gasteiger partial charge in [0.15, 0.2) is 0 Å². The minimum Gasteiger partial charge on any atom is -0.176 e. The average Bonchev–Trinajstić information content (AvgIpc) is 2.25. The number of nitrogens with zero attached hydrogens (tertiary/aromatic N) is 2. The van der Waals surface area contributed by atoms with Gasteiger partial charge in [0, 0.05) is 5.25 Å². The zero-order chi connectivity index (χ0) is 12.0. The van der Waals surface area contributed by atoms with Crippen LogP contribution in [0.2, 0.25) is 0 Å². The van der Waals surface area contributed by atoms with E-state index in [1.807, 2.05) is 31.2 Å². The molecule has 0 aliphatic carbocycles. The number of benzene rings is 1. The lowest BCUT2D eigenvalue weighted by molar-refractivity contribution is 0.965. The van der Waals surface area contributed by atoms with Gasteiger partial charge in [0.1, 0.15) is 0 Å². The van der Waals surface area contributed by atoms with E-state index in [0.717, 1.165) is 17.8 Å². The summed E-state index contributed by atoms with van der Waals surface area (Å²) in [4.78, 5) is 0. The number of hydrogen-bond donors (Lipinski definition) is 1. The molecule has 1 aromatic carbocycles. The molecule has 0 radical (unpaired) electrons. The molecule has 0 aromatic heterocycles. The van der Waals surface area contributed by atoms with Crippen LogP contribution in [0.4, 0.5) is 5.69 Å². The Labute approximate surface area is 103 Å². The van der Waals surface area contributed by atoms with Gasteiger partial charge in [-0.1, -0.05) is 30.7 Å². The van der Waals surface area contributed by atoms with E-state index in [4.69, 9.17) is 0 Å². The Kier molecular flexibility index (Phi) is 5.26. The molecule has 2 nitrogen and oxygen atoms in total. The van der Waals surface area contributed by atoms with Gasteiger partial charge in [-0.25, -0.2) is 0 Å². The van der Waals surface area contributed by atoms with Crippen molar-refractivity contribution in [2.24, 2.45) is 10.2 Å². The van der Waals surface area contributed by atoms with Crippen molar-refractivity contribution in [1.82, 2.24) is 0 Å². The van der Waals surface area contributed by atoms with Crippen molar-refractivity contribution >= 4 is 18.3 Å². The second kappa shape index (κ2) is 6.48. The van der Waals surface area contributed by atoms with Gasteiger partial charge in [0.05, 0.1) is 11.4 Å². The standard InChI is InChI=1S/C13H18N2S/c1-10-4-8-13(9-5-10)15-14-11(2)6-7-12(3)16/h4-6,8-9,12,16H,7H2,1-3H3/b11-6+,15-14+. The second-order valence-corrected chi connectivity index (χ2v) is 4.85. The average molecular weight is 234 g/mol. The number of thiol groups is 1. The van der Waals surface area contributed by atoms with Crippen molar-refractivity contribution in [3.63, 3.8) is 0 Å². The van der Waals surface area contributed by atoms with Crippen LogP contribution < -0.4 is 0 Å². The summed E-state index contributed by atoms with van der Waals surface area (Å²) in [5.41, 5.74) is 3.05. The summed E-state index contributed by atoms with van der Waals surface area (Å²) in [6.07, 6.45) is 2.97. The number of allylic oxidation sites excluding steroid dienone is 2. The Morgan fingerprint density at radius 3 is 2.56 bits per heavy atom. The molecule has 86 valence electrons. The Balaban J connectivity index is 2.59. The van der Waals surface area contributed by atoms with Crippen LogP contribution in [0, 0.1) is 6.92 Å². The van der Waals surface area contributed by atoms with Crippen LogP contribution >= 0.6 is 12.6 Å². The van der Waals surface area contributed by atoms with E-state index in [1.165, 1.54) is 5.56 Å². The summed E-state index contributed by atoms with van der Waals surface area (Å²) in [5.74, 6) is 0. The van der Waals surface area contributed by atoms with E-state index >= 15 is 0 Å². The molecule has 0 spiro atoms. The SMILES string of the molecule is CC(=C\CC(C)S)/N=N/c1ccc(C)cc1. The minimum absolute atomic E-state index is 0.365. The van der Waals surface area contributed by atoms with Crippen LogP contribution in [0.1, 0.15) is 25.8 Å². The van der Waals surface area contributed by atoms with E-state index < -0.39 is 0 Å². The summed E-state index contributed by atoms with van der Waals surface area (Å²) in [7, 11) is 0. The van der Waals surface area contributed by atoms with Gasteiger partial charge in [-0.2, -0.15) is 22.9 Å². The third kappa shape index (κ3) is 5.12. The molecular formula is C13H18N2S. The molecule has 1 atom stereocenters. The number of rotatable bonds is 4. The number of aryl methyl sites for hydroxylation is 1. The molecule has 0 saturated carbocycles. The third-order valence-electron chi connectivity index (χ3n) is 2.11.